The van der Waals surface area contributed by atoms with E-state index in [1.807, 2.05) is 48.5 Å². The zero-order chi connectivity index (χ0) is 25.2. The van der Waals surface area contributed by atoms with Gasteiger partial charge in [-0.2, -0.15) is 0 Å². The van der Waals surface area contributed by atoms with E-state index in [-0.39, 0.29) is 5.78 Å². The fourth-order valence-corrected chi connectivity index (χ4v) is 4.76. The SMILES string of the molecule is CCN(C)Cc1ccccc1-c1ccc(C2NCc3ncn(-c4cccc(CN)c4)c3C2=O)c(F)c1. The number of aromatic nitrogens is 2. The van der Waals surface area contributed by atoms with Crippen LogP contribution in [0.1, 0.15) is 45.8 Å². The molecular weight excluding hydrogens is 453 g/mol. The van der Waals surface area contributed by atoms with Gasteiger partial charge in [-0.05, 0) is 54.0 Å². The molecule has 2 heterocycles. The number of ketones is 1. The number of imidazole rings is 1. The number of carbonyl (C=O) groups is 1. The zero-order valence-electron chi connectivity index (χ0n) is 20.5. The van der Waals surface area contributed by atoms with Crippen LogP contribution >= 0.6 is 0 Å². The van der Waals surface area contributed by atoms with E-state index in [0.717, 1.165) is 41.0 Å². The molecule has 0 saturated heterocycles. The second-order valence-electron chi connectivity index (χ2n) is 9.19. The van der Waals surface area contributed by atoms with Crippen molar-refractivity contribution in [3.8, 4) is 16.8 Å². The Morgan fingerprint density at radius 1 is 1.14 bits per heavy atom. The number of fused-ring (bicyclic) bond motifs is 1. The molecule has 1 atom stereocenters. The molecule has 0 fully saturated rings. The smallest absolute Gasteiger partial charge is 0.203 e. The Bertz CT molecular complexity index is 1410. The molecule has 0 bridgehead atoms. The minimum atomic E-state index is -0.791. The molecule has 1 aliphatic rings. The quantitative estimate of drug-likeness (QED) is 0.401. The molecular formula is C29H30FN5O. The van der Waals surface area contributed by atoms with Gasteiger partial charge in [-0.15, -0.1) is 0 Å². The van der Waals surface area contributed by atoms with Gasteiger partial charge in [-0.25, -0.2) is 9.37 Å². The predicted molar refractivity (Wildman–Crippen MR) is 139 cm³/mol. The number of hydrogen-bond donors (Lipinski definition) is 2. The van der Waals surface area contributed by atoms with Crippen molar-refractivity contribution < 1.29 is 9.18 Å². The lowest BCUT2D eigenvalue weighted by molar-refractivity contribution is 0.0920. The van der Waals surface area contributed by atoms with Crippen molar-refractivity contribution in [2.24, 2.45) is 5.73 Å². The van der Waals surface area contributed by atoms with Crippen LogP contribution in [-0.2, 0) is 19.6 Å². The molecule has 1 aliphatic heterocycles. The van der Waals surface area contributed by atoms with Crippen LogP contribution in [0.2, 0.25) is 0 Å². The van der Waals surface area contributed by atoms with Gasteiger partial charge in [-0.3, -0.25) is 14.7 Å². The number of carbonyl (C=O) groups excluding carboxylic acids is 1. The Morgan fingerprint density at radius 3 is 2.75 bits per heavy atom. The highest BCUT2D eigenvalue weighted by Gasteiger charge is 2.34. The molecule has 184 valence electrons. The number of nitrogens with zero attached hydrogens (tertiary/aromatic N) is 3. The second kappa shape index (κ2) is 10.1. The molecule has 3 N–H and O–H groups in total. The number of Topliss-reactive ketones (excluding diaryl/α,β-unsaturated/α-hetero) is 1. The van der Waals surface area contributed by atoms with E-state index in [0.29, 0.717) is 30.0 Å². The largest absolute Gasteiger partial charge is 0.326 e. The normalized spacial score (nSPS) is 15.4. The maximum Gasteiger partial charge on any atom is 0.203 e. The third-order valence-electron chi connectivity index (χ3n) is 6.86. The minimum Gasteiger partial charge on any atom is -0.326 e. The van der Waals surface area contributed by atoms with Gasteiger partial charge >= 0.3 is 0 Å². The van der Waals surface area contributed by atoms with Crippen LogP contribution in [-0.4, -0.2) is 33.8 Å². The van der Waals surface area contributed by atoms with Gasteiger partial charge in [0.2, 0.25) is 5.78 Å². The summed E-state index contributed by atoms with van der Waals surface area (Å²) in [5.41, 5.74) is 12.0. The van der Waals surface area contributed by atoms with E-state index in [4.69, 9.17) is 5.73 Å². The Kier molecular flexibility index (Phi) is 6.78. The van der Waals surface area contributed by atoms with E-state index >= 15 is 4.39 Å². The Hall–Kier alpha value is -3.65. The van der Waals surface area contributed by atoms with Gasteiger partial charge in [-0.1, -0.05) is 55.5 Å². The summed E-state index contributed by atoms with van der Waals surface area (Å²) in [5.74, 6) is -0.611. The molecule has 0 spiro atoms. The Morgan fingerprint density at radius 2 is 1.97 bits per heavy atom. The summed E-state index contributed by atoms with van der Waals surface area (Å²) in [6, 6.07) is 20.1. The fraction of sp³-hybridized carbons (Fsp3) is 0.241. The van der Waals surface area contributed by atoms with E-state index in [1.54, 1.807) is 17.0 Å². The number of halogens is 1. The molecule has 0 amide bonds. The molecule has 0 radical (unpaired) electrons. The van der Waals surface area contributed by atoms with Crippen LogP contribution in [0.5, 0.6) is 0 Å². The monoisotopic (exact) mass is 483 g/mol. The third-order valence-corrected chi connectivity index (χ3v) is 6.86. The summed E-state index contributed by atoms with van der Waals surface area (Å²) in [6.07, 6.45) is 1.64. The van der Waals surface area contributed by atoms with E-state index < -0.39 is 11.9 Å². The lowest BCUT2D eigenvalue weighted by Crippen LogP contribution is -2.36. The number of nitrogens with two attached hydrogens (primary N) is 1. The van der Waals surface area contributed by atoms with Gasteiger partial charge in [0.05, 0.1) is 5.69 Å². The number of rotatable bonds is 7. The summed E-state index contributed by atoms with van der Waals surface area (Å²) in [6.45, 7) is 4.58. The fourth-order valence-electron chi connectivity index (χ4n) is 4.76. The van der Waals surface area contributed by atoms with Crippen LogP contribution in [0.3, 0.4) is 0 Å². The summed E-state index contributed by atoms with van der Waals surface area (Å²) in [5, 5.41) is 3.18. The molecule has 0 saturated carbocycles. The van der Waals surface area contributed by atoms with Gasteiger partial charge < -0.3 is 10.6 Å². The van der Waals surface area contributed by atoms with Crippen molar-refractivity contribution in [3.63, 3.8) is 0 Å². The lowest BCUT2D eigenvalue weighted by atomic mass is 9.92. The summed E-state index contributed by atoms with van der Waals surface area (Å²) < 4.78 is 17.3. The lowest BCUT2D eigenvalue weighted by Gasteiger charge is -2.24. The second-order valence-corrected chi connectivity index (χ2v) is 9.19. The molecule has 0 aliphatic carbocycles. The standard InChI is InChI=1S/C29H30FN5O/c1-3-34(2)17-21-8-4-5-10-23(21)20-11-12-24(25(30)14-20)27-29(36)28-26(16-32-27)33-18-35(28)22-9-6-7-19(13-22)15-31/h4-14,18,27,32H,3,15-17,31H2,1-2H3. The van der Waals surface area contributed by atoms with E-state index in [1.165, 1.54) is 6.07 Å². The number of nitrogens with one attached hydrogen (secondary N) is 1. The van der Waals surface area contributed by atoms with Crippen molar-refractivity contribution in [3.05, 3.63) is 107 Å². The summed E-state index contributed by atoms with van der Waals surface area (Å²) in [7, 11) is 2.06. The molecule has 3 aromatic carbocycles. The first-order valence-electron chi connectivity index (χ1n) is 12.2. The Labute approximate surface area is 210 Å². The van der Waals surface area contributed by atoms with Crippen molar-refractivity contribution in [1.82, 2.24) is 19.8 Å². The van der Waals surface area contributed by atoms with Gasteiger partial charge in [0.1, 0.15) is 23.9 Å². The maximum absolute atomic E-state index is 15.5. The van der Waals surface area contributed by atoms with Crippen LogP contribution in [0.4, 0.5) is 4.39 Å². The highest BCUT2D eigenvalue weighted by molar-refractivity contribution is 6.01. The van der Waals surface area contributed by atoms with E-state index in [2.05, 4.69) is 35.2 Å². The first-order valence-corrected chi connectivity index (χ1v) is 12.2. The molecule has 7 heteroatoms. The Balaban J connectivity index is 1.47. The molecule has 1 unspecified atom stereocenters. The molecule has 1 aromatic heterocycles. The molecule has 5 rings (SSSR count). The molecule has 4 aromatic rings. The average molecular weight is 484 g/mol. The van der Waals surface area contributed by atoms with Crippen LogP contribution in [0.15, 0.2) is 73.1 Å². The maximum atomic E-state index is 15.5. The average Bonchev–Trinajstić information content (AvgIpc) is 3.35. The predicted octanol–water partition coefficient (Wildman–Crippen LogP) is 4.62. The van der Waals surface area contributed by atoms with Gasteiger partial charge in [0, 0.05) is 30.9 Å². The summed E-state index contributed by atoms with van der Waals surface area (Å²) in [4.78, 5) is 20.3. The summed E-state index contributed by atoms with van der Waals surface area (Å²) >= 11 is 0. The highest BCUT2D eigenvalue weighted by atomic mass is 19.1. The van der Waals surface area contributed by atoms with Gasteiger partial charge in [0.25, 0.3) is 0 Å². The third kappa shape index (κ3) is 4.48. The number of hydrogen-bond acceptors (Lipinski definition) is 5. The first kappa shape index (κ1) is 24.1. The highest BCUT2D eigenvalue weighted by Crippen LogP contribution is 2.32. The van der Waals surface area contributed by atoms with E-state index in [9.17, 15) is 4.79 Å². The van der Waals surface area contributed by atoms with Crippen molar-refractivity contribution in [1.29, 1.82) is 0 Å². The van der Waals surface area contributed by atoms with Crippen LogP contribution in [0.25, 0.3) is 16.8 Å². The zero-order valence-corrected chi connectivity index (χ0v) is 20.5. The van der Waals surface area contributed by atoms with Crippen molar-refractivity contribution in [2.45, 2.75) is 32.6 Å². The number of benzene rings is 3. The molecule has 36 heavy (non-hydrogen) atoms. The van der Waals surface area contributed by atoms with Crippen molar-refractivity contribution >= 4 is 5.78 Å². The van der Waals surface area contributed by atoms with Crippen LogP contribution in [0, 0.1) is 5.82 Å². The van der Waals surface area contributed by atoms with Crippen molar-refractivity contribution in [2.75, 3.05) is 13.6 Å². The first-order chi connectivity index (χ1) is 17.5. The van der Waals surface area contributed by atoms with Gasteiger partial charge in [0.15, 0.2) is 0 Å². The topological polar surface area (TPSA) is 76.2 Å². The molecule has 6 nitrogen and oxygen atoms in total. The van der Waals surface area contributed by atoms with Crippen LogP contribution < -0.4 is 11.1 Å². The minimum absolute atomic E-state index is 0.205.